The van der Waals surface area contributed by atoms with Crippen LogP contribution in [0.2, 0.25) is 0 Å². The molecule has 0 saturated heterocycles. The highest BCUT2D eigenvalue weighted by Gasteiger charge is 2.12. The van der Waals surface area contributed by atoms with Gasteiger partial charge in [-0.3, -0.25) is 0 Å². The average molecular weight is 209 g/mol. The molecule has 0 aliphatic heterocycles. The largest absolute Gasteiger partial charge is 0.508 e. The number of phenols is 1. The van der Waals surface area contributed by atoms with Crippen molar-refractivity contribution < 1.29 is 10.2 Å². The molecule has 0 spiro atoms. The summed E-state index contributed by atoms with van der Waals surface area (Å²) in [6.07, 6.45) is -0.551. The zero-order valence-corrected chi connectivity index (χ0v) is 9.51. The van der Waals surface area contributed by atoms with Crippen LogP contribution in [0, 0.1) is 0 Å². The molecule has 3 heteroatoms. The number of hydrogen-bond donors (Lipinski definition) is 2. The second-order valence-corrected chi connectivity index (χ2v) is 4.14. The van der Waals surface area contributed by atoms with Crippen molar-refractivity contribution >= 4 is 0 Å². The van der Waals surface area contributed by atoms with Crippen LogP contribution < -0.4 is 0 Å². The minimum Gasteiger partial charge on any atom is -0.508 e. The SMILES string of the molecule is CC(C)N(C)CC(O)c1cccc(O)c1. The lowest BCUT2D eigenvalue weighted by Crippen LogP contribution is -2.30. The first kappa shape index (κ1) is 12.0. The Morgan fingerprint density at radius 1 is 1.33 bits per heavy atom. The number of aromatic hydroxyl groups is 1. The molecule has 0 aliphatic carbocycles. The summed E-state index contributed by atoms with van der Waals surface area (Å²) in [4.78, 5) is 2.06. The van der Waals surface area contributed by atoms with Crippen molar-refractivity contribution in [1.82, 2.24) is 4.90 Å². The third-order valence-electron chi connectivity index (χ3n) is 2.60. The summed E-state index contributed by atoms with van der Waals surface area (Å²) in [5, 5.41) is 19.2. The molecule has 0 heterocycles. The molecule has 15 heavy (non-hydrogen) atoms. The molecule has 0 aliphatic rings. The topological polar surface area (TPSA) is 43.7 Å². The van der Waals surface area contributed by atoms with E-state index in [1.54, 1.807) is 18.2 Å². The summed E-state index contributed by atoms with van der Waals surface area (Å²) < 4.78 is 0. The first-order chi connectivity index (χ1) is 7.00. The van der Waals surface area contributed by atoms with Crippen LogP contribution >= 0.6 is 0 Å². The molecule has 1 rings (SSSR count). The lowest BCUT2D eigenvalue weighted by molar-refractivity contribution is 0.112. The van der Waals surface area contributed by atoms with Crippen molar-refractivity contribution in [3.05, 3.63) is 29.8 Å². The van der Waals surface area contributed by atoms with Gasteiger partial charge in [0, 0.05) is 12.6 Å². The van der Waals surface area contributed by atoms with Gasteiger partial charge in [-0.25, -0.2) is 0 Å². The lowest BCUT2D eigenvalue weighted by atomic mass is 10.1. The average Bonchev–Trinajstić information content (AvgIpc) is 2.17. The third-order valence-corrected chi connectivity index (χ3v) is 2.60. The normalized spacial score (nSPS) is 13.5. The number of rotatable bonds is 4. The molecular formula is C12H19NO2. The molecule has 84 valence electrons. The summed E-state index contributed by atoms with van der Waals surface area (Å²) in [6.45, 7) is 4.73. The zero-order chi connectivity index (χ0) is 11.4. The smallest absolute Gasteiger partial charge is 0.115 e. The van der Waals surface area contributed by atoms with Crippen molar-refractivity contribution in [2.45, 2.75) is 26.0 Å². The van der Waals surface area contributed by atoms with E-state index in [4.69, 9.17) is 0 Å². The number of aliphatic hydroxyl groups is 1. The minimum atomic E-state index is -0.551. The standard InChI is InChI=1S/C12H19NO2/c1-9(2)13(3)8-12(15)10-5-4-6-11(14)7-10/h4-7,9,12,14-15H,8H2,1-3H3. The Balaban J connectivity index is 2.64. The van der Waals surface area contributed by atoms with Gasteiger partial charge in [0.1, 0.15) is 5.75 Å². The Labute approximate surface area is 91.0 Å². The van der Waals surface area contributed by atoms with Crippen molar-refractivity contribution in [3.63, 3.8) is 0 Å². The summed E-state index contributed by atoms with van der Waals surface area (Å²) in [5.41, 5.74) is 0.752. The van der Waals surface area contributed by atoms with E-state index in [9.17, 15) is 10.2 Å². The Hall–Kier alpha value is -1.06. The number of benzene rings is 1. The van der Waals surface area contributed by atoms with Crippen LogP contribution in [0.5, 0.6) is 5.75 Å². The molecule has 1 unspecified atom stereocenters. The van der Waals surface area contributed by atoms with Gasteiger partial charge >= 0.3 is 0 Å². The van der Waals surface area contributed by atoms with Gasteiger partial charge in [-0.1, -0.05) is 12.1 Å². The van der Waals surface area contributed by atoms with Gasteiger partial charge in [-0.2, -0.15) is 0 Å². The third kappa shape index (κ3) is 3.53. The molecule has 0 fully saturated rings. The van der Waals surface area contributed by atoms with Crippen molar-refractivity contribution in [2.24, 2.45) is 0 Å². The van der Waals surface area contributed by atoms with Gasteiger partial charge in [-0.15, -0.1) is 0 Å². The van der Waals surface area contributed by atoms with Gasteiger partial charge in [0.2, 0.25) is 0 Å². The molecule has 0 radical (unpaired) electrons. The number of nitrogens with zero attached hydrogens (tertiary/aromatic N) is 1. The molecule has 1 atom stereocenters. The highest BCUT2D eigenvalue weighted by atomic mass is 16.3. The number of hydrogen-bond acceptors (Lipinski definition) is 3. The second-order valence-electron chi connectivity index (χ2n) is 4.14. The van der Waals surface area contributed by atoms with Gasteiger partial charge in [0.25, 0.3) is 0 Å². The van der Waals surface area contributed by atoms with Gasteiger partial charge < -0.3 is 15.1 Å². The molecule has 0 bridgehead atoms. The van der Waals surface area contributed by atoms with Crippen LogP contribution in [-0.4, -0.2) is 34.7 Å². The van der Waals surface area contributed by atoms with Crippen molar-refractivity contribution in [3.8, 4) is 5.75 Å². The van der Waals surface area contributed by atoms with Crippen LogP contribution in [0.4, 0.5) is 0 Å². The van der Waals surface area contributed by atoms with Crippen molar-refractivity contribution in [1.29, 1.82) is 0 Å². The number of aliphatic hydroxyl groups excluding tert-OH is 1. The Morgan fingerprint density at radius 3 is 2.53 bits per heavy atom. The van der Waals surface area contributed by atoms with E-state index in [0.717, 1.165) is 5.56 Å². The summed E-state index contributed by atoms with van der Waals surface area (Å²) in [5.74, 6) is 0.193. The maximum absolute atomic E-state index is 9.91. The molecule has 3 nitrogen and oxygen atoms in total. The van der Waals surface area contributed by atoms with E-state index >= 15 is 0 Å². The molecule has 2 N–H and O–H groups in total. The van der Waals surface area contributed by atoms with Crippen LogP contribution in [0.1, 0.15) is 25.5 Å². The quantitative estimate of drug-likeness (QED) is 0.794. The highest BCUT2D eigenvalue weighted by molar-refractivity contribution is 5.28. The fourth-order valence-corrected chi connectivity index (χ4v) is 1.32. The summed E-state index contributed by atoms with van der Waals surface area (Å²) in [6, 6.07) is 7.15. The Kier molecular flexibility index (Phi) is 4.12. The fraction of sp³-hybridized carbons (Fsp3) is 0.500. The van der Waals surface area contributed by atoms with Crippen LogP contribution in [-0.2, 0) is 0 Å². The predicted octanol–water partition coefficient (Wildman–Crippen LogP) is 1.77. The monoisotopic (exact) mass is 209 g/mol. The maximum atomic E-state index is 9.91. The van der Waals surface area contributed by atoms with Crippen LogP contribution in [0.3, 0.4) is 0 Å². The molecule has 0 amide bonds. The van der Waals surface area contributed by atoms with Crippen molar-refractivity contribution in [2.75, 3.05) is 13.6 Å². The molecule has 1 aromatic rings. The molecular weight excluding hydrogens is 190 g/mol. The van der Waals surface area contributed by atoms with E-state index in [-0.39, 0.29) is 5.75 Å². The van der Waals surface area contributed by atoms with Crippen LogP contribution in [0.15, 0.2) is 24.3 Å². The number of phenolic OH excluding ortho intramolecular Hbond substituents is 1. The molecule has 0 saturated carbocycles. The Bertz CT molecular complexity index is 312. The van der Waals surface area contributed by atoms with E-state index in [1.165, 1.54) is 0 Å². The lowest BCUT2D eigenvalue weighted by Gasteiger charge is -2.24. The molecule has 0 aromatic heterocycles. The first-order valence-corrected chi connectivity index (χ1v) is 5.18. The summed E-state index contributed by atoms with van der Waals surface area (Å²) >= 11 is 0. The van der Waals surface area contributed by atoms with E-state index in [0.29, 0.717) is 12.6 Å². The van der Waals surface area contributed by atoms with E-state index in [1.807, 2.05) is 13.1 Å². The van der Waals surface area contributed by atoms with E-state index < -0.39 is 6.10 Å². The zero-order valence-electron chi connectivity index (χ0n) is 9.51. The maximum Gasteiger partial charge on any atom is 0.115 e. The van der Waals surface area contributed by atoms with Crippen LogP contribution in [0.25, 0.3) is 0 Å². The van der Waals surface area contributed by atoms with Gasteiger partial charge in [0.15, 0.2) is 0 Å². The minimum absolute atomic E-state index is 0.193. The first-order valence-electron chi connectivity index (χ1n) is 5.18. The second kappa shape index (κ2) is 5.14. The van der Waals surface area contributed by atoms with Gasteiger partial charge in [0.05, 0.1) is 6.10 Å². The predicted molar refractivity (Wildman–Crippen MR) is 60.8 cm³/mol. The number of likely N-dealkylation sites (N-methyl/N-ethyl adjacent to an activating group) is 1. The summed E-state index contributed by atoms with van der Waals surface area (Å²) in [7, 11) is 1.97. The highest BCUT2D eigenvalue weighted by Crippen LogP contribution is 2.19. The van der Waals surface area contributed by atoms with E-state index in [2.05, 4.69) is 18.7 Å². The fourth-order valence-electron chi connectivity index (χ4n) is 1.32. The molecule has 1 aromatic carbocycles. The van der Waals surface area contributed by atoms with Gasteiger partial charge in [-0.05, 0) is 38.6 Å². The Morgan fingerprint density at radius 2 is 2.00 bits per heavy atom.